The molecule has 2 rings (SSSR count). The highest BCUT2D eigenvalue weighted by Crippen LogP contribution is 2.28. The summed E-state index contributed by atoms with van der Waals surface area (Å²) >= 11 is 0. The fourth-order valence-corrected chi connectivity index (χ4v) is 3.02. The van der Waals surface area contributed by atoms with Crippen molar-refractivity contribution in [2.45, 2.75) is 38.5 Å². The van der Waals surface area contributed by atoms with Crippen molar-refractivity contribution in [2.24, 2.45) is 23.5 Å². The fourth-order valence-electron chi connectivity index (χ4n) is 3.02. The molecule has 4 heteroatoms. The Hall–Kier alpha value is -0.610. The van der Waals surface area contributed by atoms with Gasteiger partial charge in [-0.2, -0.15) is 0 Å². The Kier molecular flexibility index (Phi) is 5.45. The minimum Gasteiger partial charge on any atom is -0.381 e. The number of nitrogens with one attached hydrogen (secondary N) is 1. The summed E-state index contributed by atoms with van der Waals surface area (Å²) in [5, 5.41) is 3.09. The Morgan fingerprint density at radius 3 is 2.56 bits per heavy atom. The Morgan fingerprint density at radius 1 is 1.17 bits per heavy atom. The molecule has 1 atom stereocenters. The second-order valence-electron chi connectivity index (χ2n) is 5.76. The topological polar surface area (TPSA) is 64.4 Å². The Morgan fingerprint density at radius 2 is 1.94 bits per heavy atom. The van der Waals surface area contributed by atoms with E-state index >= 15 is 0 Å². The molecule has 0 radical (unpaired) electrons. The van der Waals surface area contributed by atoms with Crippen molar-refractivity contribution in [2.75, 3.05) is 26.3 Å². The van der Waals surface area contributed by atoms with Gasteiger partial charge in [-0.1, -0.05) is 0 Å². The predicted molar refractivity (Wildman–Crippen MR) is 71.1 cm³/mol. The van der Waals surface area contributed by atoms with Crippen LogP contribution < -0.4 is 11.1 Å². The van der Waals surface area contributed by atoms with E-state index in [4.69, 9.17) is 10.5 Å². The van der Waals surface area contributed by atoms with Gasteiger partial charge in [0.25, 0.3) is 0 Å². The average Bonchev–Trinajstić information content (AvgIpc) is 2.92. The summed E-state index contributed by atoms with van der Waals surface area (Å²) in [6.07, 6.45) is 6.47. The van der Waals surface area contributed by atoms with Crippen molar-refractivity contribution in [3.63, 3.8) is 0 Å². The summed E-state index contributed by atoms with van der Waals surface area (Å²) in [6, 6.07) is 0. The molecule has 1 saturated carbocycles. The van der Waals surface area contributed by atoms with E-state index in [9.17, 15) is 4.79 Å². The van der Waals surface area contributed by atoms with Gasteiger partial charge in [-0.15, -0.1) is 0 Å². The Balaban J connectivity index is 1.59. The normalized spacial score (nSPS) is 32.4. The Bertz CT molecular complexity index is 257. The molecule has 0 aromatic heterocycles. The van der Waals surface area contributed by atoms with Crippen molar-refractivity contribution in [3.8, 4) is 0 Å². The van der Waals surface area contributed by atoms with E-state index in [1.165, 1.54) is 0 Å². The predicted octanol–water partition coefficient (Wildman–Crippen LogP) is 1.29. The molecule has 4 nitrogen and oxygen atoms in total. The molecule has 0 aromatic rings. The molecule has 2 aliphatic rings. The van der Waals surface area contributed by atoms with E-state index in [2.05, 4.69) is 5.32 Å². The van der Waals surface area contributed by atoms with Gasteiger partial charge in [-0.05, 0) is 56.9 Å². The third-order valence-electron chi connectivity index (χ3n) is 4.43. The summed E-state index contributed by atoms with van der Waals surface area (Å²) in [6.45, 7) is 3.35. The van der Waals surface area contributed by atoms with Gasteiger partial charge in [-0.25, -0.2) is 0 Å². The quantitative estimate of drug-likeness (QED) is 0.777. The molecule has 1 amide bonds. The molecule has 1 heterocycles. The standard InChI is InChI=1S/C14H26N2O2/c15-9-11-1-3-13(4-2-11)14(17)16-7-5-12-6-8-18-10-12/h11-13H,1-10,15H2,(H,16,17). The van der Waals surface area contributed by atoms with Crippen molar-refractivity contribution in [3.05, 3.63) is 0 Å². The minimum atomic E-state index is 0.229. The number of amides is 1. The zero-order valence-corrected chi connectivity index (χ0v) is 11.2. The van der Waals surface area contributed by atoms with Gasteiger partial charge in [-0.3, -0.25) is 4.79 Å². The molecule has 1 unspecified atom stereocenters. The third kappa shape index (κ3) is 3.95. The monoisotopic (exact) mass is 254 g/mol. The average molecular weight is 254 g/mol. The number of carbonyl (C=O) groups excluding carboxylic acids is 1. The molecular weight excluding hydrogens is 228 g/mol. The smallest absolute Gasteiger partial charge is 0.223 e. The number of ether oxygens (including phenoxy) is 1. The van der Waals surface area contributed by atoms with Crippen LogP contribution in [0.4, 0.5) is 0 Å². The number of hydrogen-bond acceptors (Lipinski definition) is 3. The molecule has 18 heavy (non-hydrogen) atoms. The number of carbonyl (C=O) groups is 1. The van der Waals surface area contributed by atoms with Crippen LogP contribution in [0, 0.1) is 17.8 Å². The largest absolute Gasteiger partial charge is 0.381 e. The van der Waals surface area contributed by atoms with Gasteiger partial charge >= 0.3 is 0 Å². The zero-order valence-electron chi connectivity index (χ0n) is 11.2. The van der Waals surface area contributed by atoms with Crippen molar-refractivity contribution in [1.29, 1.82) is 0 Å². The maximum absolute atomic E-state index is 12.0. The lowest BCUT2D eigenvalue weighted by molar-refractivity contribution is -0.126. The first-order valence-electron chi connectivity index (χ1n) is 7.35. The van der Waals surface area contributed by atoms with E-state index in [-0.39, 0.29) is 11.8 Å². The maximum atomic E-state index is 12.0. The van der Waals surface area contributed by atoms with Crippen LogP contribution in [0.15, 0.2) is 0 Å². The lowest BCUT2D eigenvalue weighted by atomic mass is 9.81. The first-order valence-corrected chi connectivity index (χ1v) is 7.35. The minimum absolute atomic E-state index is 0.229. The van der Waals surface area contributed by atoms with E-state index in [0.29, 0.717) is 11.8 Å². The second-order valence-corrected chi connectivity index (χ2v) is 5.76. The highest BCUT2D eigenvalue weighted by Gasteiger charge is 2.25. The lowest BCUT2D eigenvalue weighted by Crippen LogP contribution is -2.35. The Labute approximate surface area is 110 Å². The van der Waals surface area contributed by atoms with E-state index in [1.54, 1.807) is 0 Å². The maximum Gasteiger partial charge on any atom is 0.223 e. The lowest BCUT2D eigenvalue weighted by Gasteiger charge is -2.26. The van der Waals surface area contributed by atoms with Crippen LogP contribution in [0.25, 0.3) is 0 Å². The number of nitrogens with two attached hydrogens (primary N) is 1. The number of rotatable bonds is 5. The summed E-state index contributed by atoms with van der Waals surface area (Å²) in [5.74, 6) is 1.78. The summed E-state index contributed by atoms with van der Waals surface area (Å²) in [7, 11) is 0. The van der Waals surface area contributed by atoms with E-state index < -0.39 is 0 Å². The third-order valence-corrected chi connectivity index (χ3v) is 4.43. The van der Waals surface area contributed by atoms with Crippen LogP contribution >= 0.6 is 0 Å². The van der Waals surface area contributed by atoms with Gasteiger partial charge in [0.05, 0.1) is 0 Å². The first-order chi connectivity index (χ1) is 8.79. The molecule has 104 valence electrons. The summed E-state index contributed by atoms with van der Waals surface area (Å²) < 4.78 is 5.33. The molecule has 1 aliphatic heterocycles. The molecule has 1 saturated heterocycles. The van der Waals surface area contributed by atoms with Crippen LogP contribution in [0.2, 0.25) is 0 Å². The van der Waals surface area contributed by atoms with Crippen LogP contribution in [-0.4, -0.2) is 32.2 Å². The van der Waals surface area contributed by atoms with Crippen molar-refractivity contribution < 1.29 is 9.53 Å². The van der Waals surface area contributed by atoms with Crippen molar-refractivity contribution >= 4 is 5.91 Å². The number of hydrogen-bond donors (Lipinski definition) is 2. The van der Waals surface area contributed by atoms with Gasteiger partial charge in [0.1, 0.15) is 0 Å². The van der Waals surface area contributed by atoms with Gasteiger partial charge in [0.15, 0.2) is 0 Å². The molecular formula is C14H26N2O2. The molecule has 0 bridgehead atoms. The van der Waals surface area contributed by atoms with Crippen LogP contribution in [0.1, 0.15) is 38.5 Å². The van der Waals surface area contributed by atoms with Gasteiger partial charge in [0.2, 0.25) is 5.91 Å². The van der Waals surface area contributed by atoms with Gasteiger partial charge in [0, 0.05) is 25.7 Å². The summed E-state index contributed by atoms with van der Waals surface area (Å²) in [4.78, 5) is 12.0. The summed E-state index contributed by atoms with van der Waals surface area (Å²) in [5.41, 5.74) is 5.66. The zero-order chi connectivity index (χ0) is 12.8. The molecule has 1 aliphatic carbocycles. The SMILES string of the molecule is NCC1CCC(C(=O)NCCC2CCOC2)CC1. The molecule has 2 fully saturated rings. The highest BCUT2D eigenvalue weighted by molar-refractivity contribution is 5.78. The first kappa shape index (κ1) is 13.8. The van der Waals surface area contributed by atoms with E-state index in [1.807, 2.05) is 0 Å². The van der Waals surface area contributed by atoms with Crippen molar-refractivity contribution in [1.82, 2.24) is 5.32 Å². The van der Waals surface area contributed by atoms with Crippen LogP contribution in [-0.2, 0) is 9.53 Å². The molecule has 0 aromatic carbocycles. The molecule has 3 N–H and O–H groups in total. The second kappa shape index (κ2) is 7.10. The van der Waals surface area contributed by atoms with Crippen LogP contribution in [0.5, 0.6) is 0 Å². The highest BCUT2D eigenvalue weighted by atomic mass is 16.5. The molecule has 0 spiro atoms. The fraction of sp³-hybridized carbons (Fsp3) is 0.929. The van der Waals surface area contributed by atoms with Gasteiger partial charge < -0.3 is 15.8 Å². The van der Waals surface area contributed by atoms with E-state index in [0.717, 1.165) is 64.8 Å². The van der Waals surface area contributed by atoms with Crippen LogP contribution in [0.3, 0.4) is 0 Å².